The zero-order chi connectivity index (χ0) is 18.8. The van der Waals surface area contributed by atoms with Crippen LogP contribution < -0.4 is 5.32 Å². The molecule has 0 bridgehead atoms. The molecule has 3 aromatic heterocycles. The number of nitrogens with one attached hydrogen (secondary N) is 1. The highest BCUT2D eigenvalue weighted by Crippen LogP contribution is 2.19. The van der Waals surface area contributed by atoms with Gasteiger partial charge in [-0.05, 0) is 24.6 Å². The zero-order valence-corrected chi connectivity index (χ0v) is 15.3. The Bertz CT molecular complexity index is 1120. The van der Waals surface area contributed by atoms with Crippen molar-refractivity contribution in [2.24, 2.45) is 0 Å². The first-order chi connectivity index (χ1) is 13.1. The van der Waals surface area contributed by atoms with Crippen LogP contribution in [0.4, 0.5) is 5.69 Å². The third-order valence-electron chi connectivity index (χ3n) is 4.10. The molecule has 1 amide bonds. The Balaban J connectivity index is 1.61. The lowest BCUT2D eigenvalue weighted by Crippen LogP contribution is -2.13. The summed E-state index contributed by atoms with van der Waals surface area (Å²) in [6, 6.07) is 16.6. The molecule has 27 heavy (non-hydrogen) atoms. The van der Waals surface area contributed by atoms with Crippen molar-refractivity contribution in [2.75, 3.05) is 5.32 Å². The van der Waals surface area contributed by atoms with Gasteiger partial charge in [0.25, 0.3) is 5.91 Å². The Kier molecular flexibility index (Phi) is 4.56. The number of carbonyl (C=O) groups excluding carboxylic acids is 1. The lowest BCUT2D eigenvalue weighted by molar-refractivity contribution is 0.102. The second-order valence-electron chi connectivity index (χ2n) is 6.00. The van der Waals surface area contributed by atoms with Crippen molar-refractivity contribution in [3.05, 3.63) is 77.2 Å². The number of aryl methyl sites for hydroxylation is 1. The fraction of sp³-hybridized carbons (Fsp3) is 0.100. The normalized spacial score (nSPS) is 10.9. The molecule has 1 N–H and O–H groups in total. The number of fused-ring (bicyclic) bond motifs is 1. The van der Waals surface area contributed by atoms with Gasteiger partial charge in [-0.2, -0.15) is 0 Å². The number of amides is 1. The summed E-state index contributed by atoms with van der Waals surface area (Å²) in [6.45, 7) is 1.96. The number of carbonyl (C=O) groups is 1. The van der Waals surface area contributed by atoms with Gasteiger partial charge in [-0.3, -0.25) is 4.79 Å². The van der Waals surface area contributed by atoms with Gasteiger partial charge in [0.1, 0.15) is 5.15 Å². The maximum absolute atomic E-state index is 12.6. The van der Waals surface area contributed by atoms with Crippen molar-refractivity contribution in [1.82, 2.24) is 19.6 Å². The SMILES string of the molecule is CCc1cc(C(=O)Nc2ccn3nc(-c4ccccc4)nc3c2)cc(Cl)n1. The number of aromatic nitrogens is 4. The maximum Gasteiger partial charge on any atom is 0.255 e. The summed E-state index contributed by atoms with van der Waals surface area (Å²) in [6.07, 6.45) is 2.47. The minimum Gasteiger partial charge on any atom is -0.322 e. The molecule has 0 unspecified atom stereocenters. The van der Waals surface area contributed by atoms with Crippen molar-refractivity contribution in [1.29, 1.82) is 0 Å². The molecule has 3 heterocycles. The molecular formula is C20H16ClN5O. The molecule has 0 saturated carbocycles. The van der Waals surface area contributed by atoms with Gasteiger partial charge in [0, 0.05) is 34.8 Å². The Morgan fingerprint density at radius 2 is 1.93 bits per heavy atom. The highest BCUT2D eigenvalue weighted by molar-refractivity contribution is 6.29. The predicted molar refractivity (Wildman–Crippen MR) is 105 cm³/mol. The van der Waals surface area contributed by atoms with E-state index in [9.17, 15) is 4.79 Å². The van der Waals surface area contributed by atoms with Gasteiger partial charge in [-0.1, -0.05) is 48.9 Å². The predicted octanol–water partition coefficient (Wildman–Crippen LogP) is 4.26. The van der Waals surface area contributed by atoms with Crippen LogP contribution in [0.3, 0.4) is 0 Å². The second-order valence-corrected chi connectivity index (χ2v) is 6.38. The van der Waals surface area contributed by atoms with Crippen LogP contribution in [0.5, 0.6) is 0 Å². The molecule has 0 atom stereocenters. The number of rotatable bonds is 4. The van der Waals surface area contributed by atoms with Crippen LogP contribution >= 0.6 is 11.6 Å². The van der Waals surface area contributed by atoms with Gasteiger partial charge in [0.2, 0.25) is 0 Å². The van der Waals surface area contributed by atoms with E-state index in [-0.39, 0.29) is 5.91 Å². The fourth-order valence-corrected chi connectivity index (χ4v) is 2.96. The smallest absolute Gasteiger partial charge is 0.255 e. The van der Waals surface area contributed by atoms with E-state index in [1.54, 1.807) is 35.0 Å². The third-order valence-corrected chi connectivity index (χ3v) is 4.29. The molecule has 4 aromatic rings. The molecule has 0 radical (unpaired) electrons. The Morgan fingerprint density at radius 3 is 2.70 bits per heavy atom. The van der Waals surface area contributed by atoms with Crippen molar-refractivity contribution in [2.45, 2.75) is 13.3 Å². The fourth-order valence-electron chi connectivity index (χ4n) is 2.74. The maximum atomic E-state index is 12.6. The van der Waals surface area contributed by atoms with Gasteiger partial charge in [-0.25, -0.2) is 14.5 Å². The van der Waals surface area contributed by atoms with E-state index in [1.807, 2.05) is 37.3 Å². The largest absolute Gasteiger partial charge is 0.322 e. The molecule has 7 heteroatoms. The number of anilines is 1. The van der Waals surface area contributed by atoms with E-state index in [0.717, 1.165) is 11.3 Å². The topological polar surface area (TPSA) is 72.2 Å². The summed E-state index contributed by atoms with van der Waals surface area (Å²) in [5.74, 6) is 0.383. The Labute approximate surface area is 160 Å². The van der Waals surface area contributed by atoms with Crippen LogP contribution in [-0.2, 0) is 6.42 Å². The quantitative estimate of drug-likeness (QED) is 0.539. The first-order valence-corrected chi connectivity index (χ1v) is 8.90. The van der Waals surface area contributed by atoms with Crippen molar-refractivity contribution in [3.63, 3.8) is 0 Å². The molecule has 1 aromatic carbocycles. The zero-order valence-electron chi connectivity index (χ0n) is 14.6. The van der Waals surface area contributed by atoms with Crippen LogP contribution in [0, 0.1) is 0 Å². The average Bonchev–Trinajstić information content (AvgIpc) is 3.11. The van der Waals surface area contributed by atoms with E-state index >= 15 is 0 Å². The van der Waals surface area contributed by atoms with Crippen molar-refractivity contribution < 1.29 is 4.79 Å². The number of benzene rings is 1. The van der Waals surface area contributed by atoms with E-state index in [1.165, 1.54) is 0 Å². The van der Waals surface area contributed by atoms with E-state index < -0.39 is 0 Å². The van der Waals surface area contributed by atoms with Gasteiger partial charge in [0.05, 0.1) is 0 Å². The number of hydrogen-bond acceptors (Lipinski definition) is 4. The van der Waals surface area contributed by atoms with Crippen molar-refractivity contribution in [3.8, 4) is 11.4 Å². The summed E-state index contributed by atoms with van der Waals surface area (Å²) in [7, 11) is 0. The Morgan fingerprint density at radius 1 is 1.11 bits per heavy atom. The molecule has 0 aliphatic heterocycles. The standard InChI is InChI=1S/C20H16ClN5O/c1-2-15-10-14(11-17(21)22-15)20(27)23-16-8-9-26-18(12-16)24-19(25-26)13-6-4-3-5-7-13/h3-12H,2H2,1H3,(H,23,27). The summed E-state index contributed by atoms with van der Waals surface area (Å²) in [5, 5.41) is 7.64. The minimum absolute atomic E-state index is 0.249. The minimum atomic E-state index is -0.249. The molecule has 4 rings (SSSR count). The average molecular weight is 378 g/mol. The summed E-state index contributed by atoms with van der Waals surface area (Å²) >= 11 is 6.00. The van der Waals surface area contributed by atoms with E-state index in [4.69, 9.17) is 11.6 Å². The lowest BCUT2D eigenvalue weighted by Gasteiger charge is -2.07. The Hall–Kier alpha value is -3.25. The van der Waals surface area contributed by atoms with Crippen LogP contribution in [0.25, 0.3) is 17.0 Å². The van der Waals surface area contributed by atoms with Crippen LogP contribution in [0.15, 0.2) is 60.8 Å². The molecule has 0 saturated heterocycles. The molecule has 6 nitrogen and oxygen atoms in total. The molecule has 0 spiro atoms. The highest BCUT2D eigenvalue weighted by atomic mass is 35.5. The van der Waals surface area contributed by atoms with Gasteiger partial charge in [-0.15, -0.1) is 5.10 Å². The first-order valence-electron chi connectivity index (χ1n) is 8.52. The molecular weight excluding hydrogens is 362 g/mol. The number of halogens is 1. The van der Waals surface area contributed by atoms with E-state index in [2.05, 4.69) is 20.4 Å². The number of hydrogen-bond donors (Lipinski definition) is 1. The molecule has 0 fully saturated rings. The number of pyridine rings is 2. The first kappa shape index (κ1) is 17.2. The monoisotopic (exact) mass is 377 g/mol. The van der Waals surface area contributed by atoms with Crippen LogP contribution in [0.1, 0.15) is 23.0 Å². The van der Waals surface area contributed by atoms with Crippen LogP contribution in [0.2, 0.25) is 5.15 Å². The lowest BCUT2D eigenvalue weighted by atomic mass is 10.2. The second kappa shape index (κ2) is 7.17. The molecule has 0 aliphatic carbocycles. The van der Waals surface area contributed by atoms with Crippen molar-refractivity contribution >= 4 is 28.8 Å². The molecule has 0 aliphatic rings. The van der Waals surface area contributed by atoms with Gasteiger partial charge >= 0.3 is 0 Å². The summed E-state index contributed by atoms with van der Waals surface area (Å²) in [4.78, 5) is 21.3. The summed E-state index contributed by atoms with van der Waals surface area (Å²) < 4.78 is 1.68. The highest BCUT2D eigenvalue weighted by Gasteiger charge is 2.11. The van der Waals surface area contributed by atoms with E-state index in [0.29, 0.717) is 34.3 Å². The van der Waals surface area contributed by atoms with Gasteiger partial charge in [0.15, 0.2) is 11.5 Å². The molecule has 134 valence electrons. The number of nitrogens with zero attached hydrogens (tertiary/aromatic N) is 4. The van der Waals surface area contributed by atoms with Gasteiger partial charge < -0.3 is 5.32 Å². The summed E-state index contributed by atoms with van der Waals surface area (Å²) in [5.41, 5.74) is 3.45. The van der Waals surface area contributed by atoms with Crippen LogP contribution in [-0.4, -0.2) is 25.5 Å². The third kappa shape index (κ3) is 3.66.